The predicted octanol–water partition coefficient (Wildman–Crippen LogP) is 3.26. The van der Waals surface area contributed by atoms with Crippen molar-refractivity contribution in [2.24, 2.45) is 11.3 Å². The van der Waals surface area contributed by atoms with Crippen molar-refractivity contribution in [2.45, 2.75) is 51.4 Å². The van der Waals surface area contributed by atoms with E-state index in [2.05, 4.69) is 6.07 Å². The molecule has 0 aromatic carbocycles. The van der Waals surface area contributed by atoms with Crippen molar-refractivity contribution in [2.75, 3.05) is 0 Å². The fraction of sp³-hybridized carbons (Fsp3) is 0.909. The van der Waals surface area contributed by atoms with E-state index in [-0.39, 0.29) is 5.41 Å². The fourth-order valence-electron chi connectivity index (χ4n) is 2.46. The number of rotatable bonds is 2. The highest BCUT2D eigenvalue weighted by molar-refractivity contribution is 5.10. The van der Waals surface area contributed by atoms with Gasteiger partial charge in [0.15, 0.2) is 0 Å². The summed E-state index contributed by atoms with van der Waals surface area (Å²) in [6, 6.07) is 2.50. The molecule has 0 aromatic rings. The van der Waals surface area contributed by atoms with Crippen LogP contribution in [-0.2, 0) is 0 Å². The van der Waals surface area contributed by atoms with Crippen LogP contribution >= 0.6 is 0 Å². The summed E-state index contributed by atoms with van der Waals surface area (Å²) < 4.78 is 0. The number of hydrogen-bond donors (Lipinski definition) is 0. The molecule has 0 heterocycles. The Morgan fingerprint density at radius 3 is 2.33 bits per heavy atom. The lowest BCUT2D eigenvalue weighted by atomic mass is 9.82. The van der Waals surface area contributed by atoms with E-state index in [1.54, 1.807) is 0 Å². The lowest BCUT2D eigenvalue weighted by molar-refractivity contribution is 0.304. The first-order chi connectivity index (χ1) is 5.85. The zero-order valence-corrected chi connectivity index (χ0v) is 7.68. The average Bonchev–Trinajstić information content (AvgIpc) is 2.88. The van der Waals surface area contributed by atoms with Gasteiger partial charge in [-0.25, -0.2) is 0 Å². The van der Waals surface area contributed by atoms with Crippen LogP contribution in [0.3, 0.4) is 0 Å². The molecule has 0 aliphatic heterocycles. The van der Waals surface area contributed by atoms with Crippen molar-refractivity contribution in [3.63, 3.8) is 0 Å². The molecule has 1 heteroatoms. The number of hydrogen-bond acceptors (Lipinski definition) is 1. The second-order valence-electron chi connectivity index (χ2n) is 4.60. The molecule has 1 nitrogen and oxygen atoms in total. The summed E-state index contributed by atoms with van der Waals surface area (Å²) in [5, 5.41) is 8.94. The lowest BCUT2D eigenvalue weighted by Crippen LogP contribution is -2.11. The van der Waals surface area contributed by atoms with Crippen LogP contribution in [0.2, 0.25) is 0 Å². The Kier molecular flexibility index (Phi) is 2.09. The third kappa shape index (κ3) is 1.63. The van der Waals surface area contributed by atoms with Gasteiger partial charge >= 0.3 is 0 Å². The summed E-state index contributed by atoms with van der Waals surface area (Å²) >= 11 is 0. The van der Waals surface area contributed by atoms with Gasteiger partial charge in [-0.15, -0.1) is 0 Å². The monoisotopic (exact) mass is 163 g/mol. The maximum Gasteiger partial charge on any atom is 0.0689 e. The predicted molar refractivity (Wildman–Crippen MR) is 48.5 cm³/mol. The third-order valence-corrected chi connectivity index (χ3v) is 3.49. The van der Waals surface area contributed by atoms with E-state index in [1.165, 1.54) is 51.4 Å². The van der Waals surface area contributed by atoms with E-state index in [0.717, 1.165) is 5.92 Å². The Morgan fingerprint density at radius 2 is 1.83 bits per heavy atom. The first kappa shape index (κ1) is 8.10. The van der Waals surface area contributed by atoms with Gasteiger partial charge in [0, 0.05) is 0 Å². The molecule has 0 amide bonds. The van der Waals surface area contributed by atoms with Crippen LogP contribution in [0.4, 0.5) is 0 Å². The largest absolute Gasteiger partial charge is 0.198 e. The molecule has 2 rings (SSSR count). The third-order valence-electron chi connectivity index (χ3n) is 3.49. The molecule has 2 aliphatic carbocycles. The van der Waals surface area contributed by atoms with Gasteiger partial charge in [-0.2, -0.15) is 5.26 Å². The molecule has 0 saturated heterocycles. The molecular formula is C11H17N. The Hall–Kier alpha value is -0.510. The zero-order valence-electron chi connectivity index (χ0n) is 7.68. The highest BCUT2D eigenvalue weighted by Gasteiger charge is 2.44. The second kappa shape index (κ2) is 3.09. The minimum Gasteiger partial charge on any atom is -0.198 e. The Morgan fingerprint density at radius 1 is 1.17 bits per heavy atom. The maximum absolute atomic E-state index is 8.94. The maximum atomic E-state index is 8.94. The second-order valence-corrected chi connectivity index (χ2v) is 4.60. The summed E-state index contributed by atoms with van der Waals surface area (Å²) in [6.07, 6.45) is 10.6. The molecule has 0 bridgehead atoms. The normalized spacial score (nSPS) is 27.9. The summed E-state index contributed by atoms with van der Waals surface area (Å²) in [5.41, 5.74) is 0.155. The molecule has 0 unspecified atom stereocenters. The van der Waals surface area contributed by atoms with Gasteiger partial charge in [0.25, 0.3) is 0 Å². The topological polar surface area (TPSA) is 23.8 Å². The van der Waals surface area contributed by atoms with Gasteiger partial charge in [-0.05, 0) is 25.2 Å². The molecule has 66 valence electrons. The van der Waals surface area contributed by atoms with Crippen molar-refractivity contribution < 1.29 is 0 Å². The Labute approximate surface area is 74.8 Å². The van der Waals surface area contributed by atoms with E-state index >= 15 is 0 Å². The lowest BCUT2D eigenvalue weighted by Gasteiger charge is -2.23. The Bertz CT molecular complexity index is 192. The molecule has 0 radical (unpaired) electrons. The molecular weight excluding hydrogens is 146 g/mol. The number of nitriles is 1. The Balaban J connectivity index is 1.82. The van der Waals surface area contributed by atoms with Gasteiger partial charge in [0.05, 0.1) is 11.5 Å². The van der Waals surface area contributed by atoms with Crippen LogP contribution in [0.15, 0.2) is 0 Å². The van der Waals surface area contributed by atoms with Crippen molar-refractivity contribution in [1.82, 2.24) is 0 Å². The minimum absolute atomic E-state index is 0.155. The van der Waals surface area contributed by atoms with Crippen molar-refractivity contribution >= 4 is 0 Å². The molecule has 2 aliphatic rings. The van der Waals surface area contributed by atoms with E-state index in [1.807, 2.05) is 0 Å². The van der Waals surface area contributed by atoms with E-state index in [4.69, 9.17) is 5.26 Å². The quantitative estimate of drug-likeness (QED) is 0.613. The molecule has 2 fully saturated rings. The van der Waals surface area contributed by atoms with E-state index in [9.17, 15) is 0 Å². The van der Waals surface area contributed by atoms with E-state index < -0.39 is 0 Å². The summed E-state index contributed by atoms with van der Waals surface area (Å²) in [5.74, 6) is 0.890. The SMILES string of the molecule is N#CC1(CC2CCCCC2)CC1. The molecule has 0 N–H and O–H groups in total. The van der Waals surface area contributed by atoms with Gasteiger partial charge in [-0.3, -0.25) is 0 Å². The highest BCUT2D eigenvalue weighted by atomic mass is 14.5. The van der Waals surface area contributed by atoms with Gasteiger partial charge in [0.2, 0.25) is 0 Å². The van der Waals surface area contributed by atoms with Gasteiger partial charge in [-0.1, -0.05) is 32.1 Å². The summed E-state index contributed by atoms with van der Waals surface area (Å²) in [7, 11) is 0. The molecule has 0 spiro atoms. The first-order valence-electron chi connectivity index (χ1n) is 5.26. The molecule has 0 atom stereocenters. The van der Waals surface area contributed by atoms with Gasteiger partial charge in [0.1, 0.15) is 0 Å². The number of nitrogens with zero attached hydrogens (tertiary/aromatic N) is 1. The highest BCUT2D eigenvalue weighted by Crippen LogP contribution is 2.51. The summed E-state index contributed by atoms with van der Waals surface area (Å²) in [4.78, 5) is 0. The standard InChI is InChI=1S/C11H17N/c12-9-11(6-7-11)8-10-4-2-1-3-5-10/h10H,1-8H2. The van der Waals surface area contributed by atoms with Crippen LogP contribution in [-0.4, -0.2) is 0 Å². The zero-order chi connectivity index (χ0) is 8.44. The first-order valence-corrected chi connectivity index (χ1v) is 5.26. The van der Waals surface area contributed by atoms with Crippen LogP contribution in [0.25, 0.3) is 0 Å². The van der Waals surface area contributed by atoms with Crippen LogP contribution < -0.4 is 0 Å². The summed E-state index contributed by atoms with van der Waals surface area (Å²) in [6.45, 7) is 0. The van der Waals surface area contributed by atoms with Crippen LogP contribution in [0, 0.1) is 22.7 Å². The molecule has 12 heavy (non-hydrogen) atoms. The van der Waals surface area contributed by atoms with Crippen LogP contribution in [0.1, 0.15) is 51.4 Å². The van der Waals surface area contributed by atoms with Crippen molar-refractivity contribution in [3.8, 4) is 6.07 Å². The van der Waals surface area contributed by atoms with Crippen molar-refractivity contribution in [3.05, 3.63) is 0 Å². The average molecular weight is 163 g/mol. The molecule has 2 saturated carbocycles. The smallest absolute Gasteiger partial charge is 0.0689 e. The van der Waals surface area contributed by atoms with E-state index in [0.29, 0.717) is 0 Å². The molecule has 0 aromatic heterocycles. The fourth-order valence-corrected chi connectivity index (χ4v) is 2.46. The van der Waals surface area contributed by atoms with Crippen molar-refractivity contribution in [1.29, 1.82) is 5.26 Å². The minimum atomic E-state index is 0.155. The van der Waals surface area contributed by atoms with Gasteiger partial charge < -0.3 is 0 Å². The van der Waals surface area contributed by atoms with Crippen LogP contribution in [0.5, 0.6) is 0 Å².